The summed E-state index contributed by atoms with van der Waals surface area (Å²) in [7, 11) is 0. The van der Waals surface area contributed by atoms with Crippen molar-refractivity contribution in [3.8, 4) is 5.75 Å². The first-order chi connectivity index (χ1) is 12.9. The van der Waals surface area contributed by atoms with Gasteiger partial charge >= 0.3 is 6.36 Å². The maximum Gasteiger partial charge on any atom is 0.573 e. The molecular weight excluding hydrogens is 365 g/mol. The summed E-state index contributed by atoms with van der Waals surface area (Å²) in [5.41, 5.74) is 0.401. The van der Waals surface area contributed by atoms with Crippen molar-refractivity contribution >= 4 is 11.6 Å². The third kappa shape index (κ3) is 4.57. The third-order valence-electron chi connectivity index (χ3n) is 4.45. The highest BCUT2D eigenvalue weighted by molar-refractivity contribution is 5.92. The van der Waals surface area contributed by atoms with Gasteiger partial charge in [0.05, 0.1) is 12.5 Å². The zero-order chi connectivity index (χ0) is 19.0. The number of anilines is 1. The molecule has 1 N–H and O–H groups in total. The zero-order valence-electron chi connectivity index (χ0n) is 14.2. The lowest BCUT2D eigenvalue weighted by molar-refractivity contribution is -0.274. The van der Waals surface area contributed by atoms with Crippen molar-refractivity contribution in [2.24, 2.45) is 0 Å². The molecule has 1 saturated heterocycles. The average molecular weight is 382 g/mol. The van der Waals surface area contributed by atoms with Crippen molar-refractivity contribution in [2.45, 2.75) is 31.0 Å². The van der Waals surface area contributed by atoms with Gasteiger partial charge in [0.2, 0.25) is 11.8 Å². The number of carbonyl (C=O) groups excluding carboxylic acids is 1. The lowest BCUT2D eigenvalue weighted by Gasteiger charge is -2.36. The molecule has 1 aromatic heterocycles. The maximum atomic E-state index is 12.1. The smallest absolute Gasteiger partial charge is 0.406 e. The van der Waals surface area contributed by atoms with Crippen molar-refractivity contribution < 1.29 is 27.2 Å². The van der Waals surface area contributed by atoms with Gasteiger partial charge in [0.1, 0.15) is 5.75 Å². The van der Waals surface area contributed by atoms with Gasteiger partial charge in [-0.1, -0.05) is 5.16 Å². The number of halogens is 3. The van der Waals surface area contributed by atoms with Gasteiger partial charge in [-0.2, -0.15) is 4.98 Å². The number of likely N-dealkylation sites (tertiary alicyclic amines) is 1. The summed E-state index contributed by atoms with van der Waals surface area (Å²) in [5, 5.41) is 6.63. The Morgan fingerprint density at radius 3 is 2.56 bits per heavy atom. The van der Waals surface area contributed by atoms with Crippen molar-refractivity contribution in [1.82, 2.24) is 15.0 Å². The van der Waals surface area contributed by atoms with Gasteiger partial charge in [-0.3, -0.25) is 9.69 Å². The molecule has 7 nitrogen and oxygen atoms in total. The molecule has 0 bridgehead atoms. The fraction of sp³-hybridized carbons (Fsp3) is 0.471. The molecule has 4 rings (SSSR count). The highest BCUT2D eigenvalue weighted by Crippen LogP contribution is 2.39. The van der Waals surface area contributed by atoms with Crippen LogP contribution in [0.3, 0.4) is 0 Å². The summed E-state index contributed by atoms with van der Waals surface area (Å²) in [6, 6.07) is 5.01. The van der Waals surface area contributed by atoms with E-state index in [1.807, 2.05) is 4.90 Å². The predicted octanol–water partition coefficient (Wildman–Crippen LogP) is 2.88. The lowest BCUT2D eigenvalue weighted by Crippen LogP contribution is -2.48. The molecule has 2 fully saturated rings. The maximum absolute atomic E-state index is 12.1. The van der Waals surface area contributed by atoms with Crippen molar-refractivity contribution in [3.63, 3.8) is 0 Å². The van der Waals surface area contributed by atoms with Gasteiger partial charge in [-0.15, -0.1) is 13.2 Å². The Hall–Kier alpha value is -2.62. The normalized spacial score (nSPS) is 18.2. The van der Waals surface area contributed by atoms with Crippen LogP contribution in [0.15, 0.2) is 28.8 Å². The molecule has 2 heterocycles. The first-order valence-corrected chi connectivity index (χ1v) is 8.57. The van der Waals surface area contributed by atoms with Crippen LogP contribution in [0.2, 0.25) is 0 Å². The van der Waals surface area contributed by atoms with Crippen LogP contribution in [0.1, 0.15) is 36.4 Å². The number of hydrogen-bond acceptors (Lipinski definition) is 6. The van der Waals surface area contributed by atoms with E-state index >= 15 is 0 Å². The minimum atomic E-state index is -4.74. The Morgan fingerprint density at radius 2 is 1.93 bits per heavy atom. The molecule has 1 aliphatic heterocycles. The largest absolute Gasteiger partial charge is 0.573 e. The summed E-state index contributed by atoms with van der Waals surface area (Å²) in [4.78, 5) is 18.4. The summed E-state index contributed by atoms with van der Waals surface area (Å²) in [6.07, 6.45) is -2.52. The second-order valence-corrected chi connectivity index (χ2v) is 6.78. The van der Waals surface area contributed by atoms with E-state index in [-0.39, 0.29) is 24.1 Å². The van der Waals surface area contributed by atoms with Crippen molar-refractivity contribution in [3.05, 3.63) is 36.0 Å². The van der Waals surface area contributed by atoms with Crippen LogP contribution in [-0.4, -0.2) is 46.9 Å². The van der Waals surface area contributed by atoms with Crippen LogP contribution < -0.4 is 10.1 Å². The monoisotopic (exact) mass is 382 g/mol. The molecule has 144 valence electrons. The van der Waals surface area contributed by atoms with Gasteiger partial charge in [0.15, 0.2) is 5.82 Å². The van der Waals surface area contributed by atoms with Crippen LogP contribution in [0.25, 0.3) is 0 Å². The third-order valence-corrected chi connectivity index (χ3v) is 4.45. The van der Waals surface area contributed by atoms with Gasteiger partial charge < -0.3 is 14.6 Å². The molecule has 1 aliphatic carbocycles. The molecule has 0 spiro atoms. The predicted molar refractivity (Wildman–Crippen MR) is 87.2 cm³/mol. The van der Waals surface area contributed by atoms with E-state index in [2.05, 4.69) is 20.2 Å². The molecule has 1 saturated carbocycles. The van der Waals surface area contributed by atoms with Crippen LogP contribution in [-0.2, 0) is 4.79 Å². The Labute approximate surface area is 152 Å². The number of ether oxygens (including phenoxy) is 1. The summed E-state index contributed by atoms with van der Waals surface area (Å²) in [5.74, 6) is 1.39. The molecule has 1 amide bonds. The summed E-state index contributed by atoms with van der Waals surface area (Å²) >= 11 is 0. The molecule has 2 aliphatic rings. The molecule has 2 aromatic rings. The second-order valence-electron chi connectivity index (χ2n) is 6.78. The number of hydrogen-bond donors (Lipinski definition) is 1. The Morgan fingerprint density at radius 1 is 1.22 bits per heavy atom. The van der Waals surface area contributed by atoms with Crippen molar-refractivity contribution in [2.75, 3.05) is 25.0 Å². The second kappa shape index (κ2) is 6.84. The van der Waals surface area contributed by atoms with E-state index in [4.69, 9.17) is 4.52 Å². The molecule has 27 heavy (non-hydrogen) atoms. The standard InChI is InChI=1S/C17H17F3N4O3/c18-17(19,20)26-13-5-3-12(4-6-13)21-14(25)9-24-7-11(8-24)16-22-15(23-27-16)10-1-2-10/h3-6,10-11H,1-2,7-9H2,(H,21,25). The lowest BCUT2D eigenvalue weighted by atomic mass is 10.0. The number of amides is 1. The number of alkyl halides is 3. The van der Waals surface area contributed by atoms with Gasteiger partial charge in [0.25, 0.3) is 0 Å². The number of nitrogens with one attached hydrogen (secondary N) is 1. The zero-order valence-corrected chi connectivity index (χ0v) is 14.2. The Kier molecular flexibility index (Phi) is 4.50. The summed E-state index contributed by atoms with van der Waals surface area (Å²) in [6.45, 7) is 1.48. The Balaban J connectivity index is 1.22. The topological polar surface area (TPSA) is 80.5 Å². The first-order valence-electron chi connectivity index (χ1n) is 8.57. The van der Waals surface area contributed by atoms with E-state index in [1.165, 1.54) is 12.1 Å². The van der Waals surface area contributed by atoms with Crippen LogP contribution in [0, 0.1) is 0 Å². The molecule has 0 atom stereocenters. The first kappa shape index (κ1) is 17.8. The van der Waals surface area contributed by atoms with E-state index in [9.17, 15) is 18.0 Å². The molecule has 10 heteroatoms. The summed E-state index contributed by atoms with van der Waals surface area (Å²) < 4.78 is 45.4. The van der Waals surface area contributed by atoms with Crippen LogP contribution >= 0.6 is 0 Å². The molecule has 0 radical (unpaired) electrons. The molecule has 0 unspecified atom stereocenters. The van der Waals surface area contributed by atoms with E-state index in [0.29, 0.717) is 30.6 Å². The fourth-order valence-corrected chi connectivity index (χ4v) is 2.92. The number of rotatable bonds is 6. The fourth-order valence-electron chi connectivity index (χ4n) is 2.92. The van der Waals surface area contributed by atoms with Gasteiger partial charge in [0, 0.05) is 24.7 Å². The van der Waals surface area contributed by atoms with Crippen LogP contribution in [0.4, 0.5) is 18.9 Å². The van der Waals surface area contributed by atoms with Gasteiger partial charge in [-0.25, -0.2) is 0 Å². The number of benzene rings is 1. The minimum absolute atomic E-state index is 0.136. The number of nitrogens with zero attached hydrogens (tertiary/aromatic N) is 3. The average Bonchev–Trinajstić information content (AvgIpc) is 3.29. The highest BCUT2D eigenvalue weighted by atomic mass is 19.4. The van der Waals surface area contributed by atoms with Crippen molar-refractivity contribution in [1.29, 1.82) is 0 Å². The number of carbonyl (C=O) groups is 1. The molecule has 1 aromatic carbocycles. The van der Waals surface area contributed by atoms with E-state index in [1.54, 1.807) is 0 Å². The van der Waals surface area contributed by atoms with Gasteiger partial charge in [-0.05, 0) is 37.1 Å². The van der Waals surface area contributed by atoms with Crippen LogP contribution in [0.5, 0.6) is 5.75 Å². The Bertz CT molecular complexity index is 812. The molecular formula is C17H17F3N4O3. The SMILES string of the molecule is O=C(CN1CC(c2nc(C3CC3)no2)C1)Nc1ccc(OC(F)(F)F)cc1. The number of aromatic nitrogens is 2. The highest BCUT2D eigenvalue weighted by Gasteiger charge is 2.36. The quantitative estimate of drug-likeness (QED) is 0.828. The minimum Gasteiger partial charge on any atom is -0.406 e. The van der Waals surface area contributed by atoms with E-state index in [0.717, 1.165) is 30.8 Å². The van der Waals surface area contributed by atoms with E-state index < -0.39 is 6.36 Å².